The van der Waals surface area contributed by atoms with Gasteiger partial charge in [0, 0.05) is 41.3 Å². The maximum Gasteiger partial charge on any atom is 0.0643 e. The second-order valence-electron chi connectivity index (χ2n) is 2.91. The molecule has 25 heavy (non-hydrogen) atoms. The second kappa shape index (κ2) is 19.5. The molecular weight excluding hydrogens is 477 g/mol. The van der Waals surface area contributed by atoms with E-state index in [9.17, 15) is 59.4 Å². The minimum atomic E-state index is -1.55. The summed E-state index contributed by atoms with van der Waals surface area (Å²) < 4.78 is 0. The third-order valence-electron chi connectivity index (χ3n) is 1.07. The van der Waals surface area contributed by atoms with Gasteiger partial charge in [0.05, 0.1) is 35.8 Å². The van der Waals surface area contributed by atoms with Gasteiger partial charge < -0.3 is 59.4 Å². The van der Waals surface area contributed by atoms with E-state index < -0.39 is 35.8 Å². The molecule has 0 saturated carbocycles. The van der Waals surface area contributed by atoms with Gasteiger partial charge in [0.25, 0.3) is 0 Å². The summed E-state index contributed by atoms with van der Waals surface area (Å²) in [5.74, 6) is -9.28. The topological polar surface area (TPSA) is 241 Å². The van der Waals surface area contributed by atoms with Crippen LogP contribution in [0.4, 0.5) is 0 Å². The minimum absolute atomic E-state index is 0. The number of carboxylic acids is 6. The molecule has 0 aromatic carbocycles. The van der Waals surface area contributed by atoms with Crippen LogP contribution in [0.15, 0.2) is 36.5 Å². The van der Waals surface area contributed by atoms with Gasteiger partial charge in [0.2, 0.25) is 0 Å². The molecule has 0 saturated heterocycles. The van der Waals surface area contributed by atoms with Crippen molar-refractivity contribution in [2.45, 2.75) is 0 Å². The zero-order valence-electron chi connectivity index (χ0n) is 11.9. The monoisotopic (exact) mass is 483 g/mol. The first-order chi connectivity index (χ1) is 10.9. The molecule has 0 amide bonds. The Bertz CT molecular complexity index is 444. The fourth-order valence-corrected chi connectivity index (χ4v) is 0.408. The standard InChI is InChI=1S/3C4H4O4.Pr/c3*5-3(6)1-2-4(7)8;/h3*1-2H,(H,5,6)(H,7,8);/p-6/b3*2-1-;. The molecule has 0 aromatic rings. The molecule has 1 radical (unpaired) electrons. The first kappa shape index (κ1) is 30.3. The third-order valence-corrected chi connectivity index (χ3v) is 1.07. The molecule has 0 fully saturated rings. The SMILES string of the molecule is O=C([O-])/C=C\C(=O)[O-].O=C([O-])/C=C\C(=O)[O-].O=C([O-])/C=C\C(=O)[O-].[Pr]. The third kappa shape index (κ3) is 52.4. The quantitative estimate of drug-likeness (QED) is 0.320. The molecule has 0 atom stereocenters. The number of carboxylic acid groups (broad SMARTS) is 6. The Morgan fingerprint density at radius 2 is 0.440 bits per heavy atom. The molecule has 12 nitrogen and oxygen atoms in total. The summed E-state index contributed by atoms with van der Waals surface area (Å²) in [6.45, 7) is 0. The van der Waals surface area contributed by atoms with Crippen LogP contribution in [0.1, 0.15) is 0 Å². The predicted molar refractivity (Wildman–Crippen MR) is 57.5 cm³/mol. The van der Waals surface area contributed by atoms with Gasteiger partial charge in [-0.1, -0.05) is 0 Å². The van der Waals surface area contributed by atoms with E-state index in [2.05, 4.69) is 0 Å². The van der Waals surface area contributed by atoms with Gasteiger partial charge >= 0.3 is 0 Å². The maximum absolute atomic E-state index is 9.41. The first-order valence-electron chi connectivity index (χ1n) is 5.18. The van der Waals surface area contributed by atoms with Gasteiger partial charge in [-0.05, 0) is 36.5 Å². The van der Waals surface area contributed by atoms with E-state index in [-0.39, 0.29) is 41.3 Å². The van der Waals surface area contributed by atoms with Crippen LogP contribution in [0.2, 0.25) is 0 Å². The van der Waals surface area contributed by atoms with E-state index in [0.717, 1.165) is 0 Å². The summed E-state index contributed by atoms with van der Waals surface area (Å²) >= 11 is 0. The van der Waals surface area contributed by atoms with Crippen LogP contribution in [0.3, 0.4) is 0 Å². The van der Waals surface area contributed by atoms with Crippen LogP contribution in [0.5, 0.6) is 0 Å². The Balaban J connectivity index is -0.000000130. The largest absolute Gasteiger partial charge is 0.545 e. The van der Waals surface area contributed by atoms with E-state index >= 15 is 0 Å². The Morgan fingerprint density at radius 3 is 0.480 bits per heavy atom. The molecule has 0 aliphatic carbocycles. The van der Waals surface area contributed by atoms with Crippen LogP contribution in [0.25, 0.3) is 0 Å². The van der Waals surface area contributed by atoms with Gasteiger partial charge in [0.15, 0.2) is 0 Å². The van der Waals surface area contributed by atoms with Gasteiger partial charge in [0.1, 0.15) is 0 Å². The fourth-order valence-electron chi connectivity index (χ4n) is 0.408. The number of hydrogen-bond acceptors (Lipinski definition) is 12. The van der Waals surface area contributed by atoms with Crippen molar-refractivity contribution in [1.29, 1.82) is 0 Å². The van der Waals surface area contributed by atoms with E-state index in [0.29, 0.717) is 36.5 Å². The van der Waals surface area contributed by atoms with Crippen LogP contribution in [-0.4, -0.2) is 35.8 Å². The summed E-state index contributed by atoms with van der Waals surface area (Å²) in [5, 5.41) is 56.5. The van der Waals surface area contributed by atoms with Crippen LogP contribution < -0.4 is 30.6 Å². The zero-order valence-corrected chi connectivity index (χ0v) is 15.6. The molecular formula is C12H6O12Pr-6. The van der Waals surface area contributed by atoms with Crippen LogP contribution in [0, 0.1) is 41.3 Å². The molecule has 0 spiro atoms. The van der Waals surface area contributed by atoms with Crippen molar-refractivity contribution in [3.8, 4) is 0 Å². The minimum Gasteiger partial charge on any atom is -0.545 e. The summed E-state index contributed by atoms with van der Waals surface area (Å²) in [5.41, 5.74) is 0. The predicted octanol–water partition coefficient (Wildman–Crippen LogP) is -8.87. The molecule has 0 aromatic heterocycles. The van der Waals surface area contributed by atoms with E-state index in [1.54, 1.807) is 0 Å². The molecule has 0 aliphatic rings. The number of rotatable bonds is 6. The van der Waals surface area contributed by atoms with Gasteiger partial charge in [-0.2, -0.15) is 0 Å². The van der Waals surface area contributed by atoms with E-state index in [1.807, 2.05) is 0 Å². The molecule has 135 valence electrons. The molecule has 0 rings (SSSR count). The molecule has 0 heterocycles. The van der Waals surface area contributed by atoms with Crippen molar-refractivity contribution in [3.63, 3.8) is 0 Å². The smallest absolute Gasteiger partial charge is 0.0643 e. The van der Waals surface area contributed by atoms with Crippen LogP contribution >= 0.6 is 0 Å². The summed E-state index contributed by atoms with van der Waals surface area (Å²) in [7, 11) is 0. The van der Waals surface area contributed by atoms with Crippen molar-refractivity contribution in [3.05, 3.63) is 36.5 Å². The summed E-state index contributed by atoms with van der Waals surface area (Å²) in [6, 6.07) is 0. The Kier molecular flexibility index (Phi) is 23.6. The molecule has 0 bridgehead atoms. The Labute approximate surface area is 172 Å². The second-order valence-corrected chi connectivity index (χ2v) is 2.91. The first-order valence-corrected chi connectivity index (χ1v) is 5.18. The van der Waals surface area contributed by atoms with Crippen LogP contribution in [-0.2, 0) is 28.8 Å². The number of carbonyl (C=O) groups is 6. The fraction of sp³-hybridized carbons (Fsp3) is 0. The van der Waals surface area contributed by atoms with Gasteiger partial charge in [-0.3, -0.25) is 0 Å². The summed E-state index contributed by atoms with van der Waals surface area (Å²) in [4.78, 5) is 56.5. The normalized spacial score (nSPS) is 9.12. The zero-order chi connectivity index (χ0) is 19.7. The summed E-state index contributed by atoms with van der Waals surface area (Å²) in [6.07, 6.45) is 2.31. The average Bonchev–Trinajstić information content (AvgIpc) is 2.42. The van der Waals surface area contributed by atoms with Crippen molar-refractivity contribution in [2.75, 3.05) is 0 Å². The Hall–Kier alpha value is -2.60. The van der Waals surface area contributed by atoms with Crippen molar-refractivity contribution >= 4 is 35.8 Å². The number of aliphatic carboxylic acids is 6. The maximum atomic E-state index is 9.41. The molecule has 13 heteroatoms. The molecule has 0 unspecified atom stereocenters. The van der Waals surface area contributed by atoms with Gasteiger partial charge in [-0.15, -0.1) is 0 Å². The molecule has 0 N–H and O–H groups in total. The van der Waals surface area contributed by atoms with E-state index in [1.165, 1.54) is 0 Å². The van der Waals surface area contributed by atoms with E-state index in [4.69, 9.17) is 0 Å². The van der Waals surface area contributed by atoms with Gasteiger partial charge in [-0.25, -0.2) is 0 Å². The molecule has 0 aliphatic heterocycles. The average molecular weight is 483 g/mol. The number of carbonyl (C=O) groups excluding carboxylic acids is 6. The van der Waals surface area contributed by atoms with Crippen molar-refractivity contribution < 1.29 is 101 Å². The van der Waals surface area contributed by atoms with Crippen molar-refractivity contribution in [2.24, 2.45) is 0 Å². The van der Waals surface area contributed by atoms with Crippen molar-refractivity contribution in [1.82, 2.24) is 0 Å². The number of hydrogen-bond donors (Lipinski definition) is 0. The Morgan fingerprint density at radius 1 is 0.360 bits per heavy atom.